The SMILES string of the molecule is O[C@@H]1CC2(CCCC2)Oc2ccc(Cl)cc21. The van der Waals surface area contributed by atoms with Crippen molar-refractivity contribution in [3.8, 4) is 5.75 Å². The Bertz CT molecular complexity index is 410. The molecule has 0 radical (unpaired) electrons. The normalized spacial score (nSPS) is 26.5. The van der Waals surface area contributed by atoms with Gasteiger partial charge in [0.15, 0.2) is 0 Å². The second-order valence-electron chi connectivity index (χ2n) is 4.89. The number of rotatable bonds is 0. The Morgan fingerprint density at radius 2 is 2.06 bits per heavy atom. The van der Waals surface area contributed by atoms with Crippen molar-refractivity contribution in [2.75, 3.05) is 0 Å². The Morgan fingerprint density at radius 3 is 2.81 bits per heavy atom. The maximum Gasteiger partial charge on any atom is 0.126 e. The molecule has 0 unspecified atom stereocenters. The molecule has 3 rings (SSSR count). The third-order valence-electron chi connectivity index (χ3n) is 3.74. The minimum atomic E-state index is -0.430. The van der Waals surface area contributed by atoms with Crippen LogP contribution in [0.5, 0.6) is 5.75 Å². The molecule has 1 atom stereocenters. The summed E-state index contributed by atoms with van der Waals surface area (Å²) in [6, 6.07) is 5.50. The van der Waals surface area contributed by atoms with Crippen molar-refractivity contribution in [3.63, 3.8) is 0 Å². The van der Waals surface area contributed by atoms with Gasteiger partial charge in [-0.05, 0) is 43.9 Å². The van der Waals surface area contributed by atoms with E-state index < -0.39 is 6.10 Å². The van der Waals surface area contributed by atoms with E-state index in [2.05, 4.69) is 0 Å². The van der Waals surface area contributed by atoms with Crippen LogP contribution in [0, 0.1) is 0 Å². The molecule has 0 amide bonds. The Balaban J connectivity index is 1.99. The van der Waals surface area contributed by atoms with E-state index in [1.165, 1.54) is 12.8 Å². The number of hydrogen-bond donors (Lipinski definition) is 1. The molecular formula is C13H15ClO2. The summed E-state index contributed by atoms with van der Waals surface area (Å²) in [5.41, 5.74) is 0.727. The fourth-order valence-electron chi connectivity index (χ4n) is 2.94. The van der Waals surface area contributed by atoms with Crippen LogP contribution < -0.4 is 4.74 Å². The van der Waals surface area contributed by atoms with E-state index in [1.54, 1.807) is 0 Å². The summed E-state index contributed by atoms with van der Waals surface area (Å²) in [6.07, 6.45) is 4.81. The molecule has 1 aromatic carbocycles. The lowest BCUT2D eigenvalue weighted by Gasteiger charge is -2.38. The van der Waals surface area contributed by atoms with Crippen molar-refractivity contribution in [3.05, 3.63) is 28.8 Å². The number of fused-ring (bicyclic) bond motifs is 1. The highest BCUT2D eigenvalue weighted by atomic mass is 35.5. The van der Waals surface area contributed by atoms with Crippen LogP contribution in [0.25, 0.3) is 0 Å². The molecule has 1 aliphatic carbocycles. The highest BCUT2D eigenvalue weighted by molar-refractivity contribution is 6.30. The number of hydrogen-bond acceptors (Lipinski definition) is 2. The second kappa shape index (κ2) is 3.64. The van der Waals surface area contributed by atoms with Gasteiger partial charge in [0, 0.05) is 17.0 Å². The van der Waals surface area contributed by atoms with E-state index in [9.17, 15) is 5.11 Å². The molecule has 1 aromatic rings. The minimum Gasteiger partial charge on any atom is -0.487 e. The largest absolute Gasteiger partial charge is 0.487 e. The molecule has 1 spiro atoms. The van der Waals surface area contributed by atoms with Gasteiger partial charge in [-0.15, -0.1) is 0 Å². The third-order valence-corrected chi connectivity index (χ3v) is 3.97. The van der Waals surface area contributed by atoms with Crippen LogP contribution in [-0.2, 0) is 0 Å². The van der Waals surface area contributed by atoms with Gasteiger partial charge in [0.1, 0.15) is 11.4 Å². The van der Waals surface area contributed by atoms with Gasteiger partial charge in [-0.25, -0.2) is 0 Å². The molecule has 86 valence electrons. The van der Waals surface area contributed by atoms with Gasteiger partial charge in [0.05, 0.1) is 6.10 Å². The summed E-state index contributed by atoms with van der Waals surface area (Å²) in [5, 5.41) is 10.8. The fraction of sp³-hybridized carbons (Fsp3) is 0.538. The van der Waals surface area contributed by atoms with E-state index in [0.29, 0.717) is 11.4 Å². The first-order valence-electron chi connectivity index (χ1n) is 5.85. The Hall–Kier alpha value is -0.730. The van der Waals surface area contributed by atoms with Crippen LogP contribution >= 0.6 is 11.6 Å². The van der Waals surface area contributed by atoms with E-state index in [0.717, 1.165) is 24.2 Å². The van der Waals surface area contributed by atoms with E-state index >= 15 is 0 Å². The molecular weight excluding hydrogens is 224 g/mol. The Labute approximate surface area is 100 Å². The summed E-state index contributed by atoms with van der Waals surface area (Å²) in [6.45, 7) is 0. The average molecular weight is 239 g/mol. The Kier molecular flexibility index (Phi) is 2.37. The van der Waals surface area contributed by atoms with Crippen LogP contribution in [0.2, 0.25) is 5.02 Å². The van der Waals surface area contributed by atoms with E-state index in [1.807, 2.05) is 18.2 Å². The fourth-order valence-corrected chi connectivity index (χ4v) is 3.12. The highest BCUT2D eigenvalue weighted by Crippen LogP contribution is 2.47. The number of aliphatic hydroxyl groups is 1. The molecule has 1 fully saturated rings. The molecule has 3 heteroatoms. The van der Waals surface area contributed by atoms with Crippen molar-refractivity contribution in [2.45, 2.75) is 43.8 Å². The van der Waals surface area contributed by atoms with Crippen LogP contribution in [-0.4, -0.2) is 10.7 Å². The van der Waals surface area contributed by atoms with Gasteiger partial charge in [0.2, 0.25) is 0 Å². The summed E-state index contributed by atoms with van der Waals surface area (Å²) >= 11 is 5.93. The molecule has 1 aliphatic heterocycles. The predicted octanol–water partition coefficient (Wildman–Crippen LogP) is 3.47. The van der Waals surface area contributed by atoms with Gasteiger partial charge in [0.25, 0.3) is 0 Å². The van der Waals surface area contributed by atoms with Gasteiger partial charge >= 0.3 is 0 Å². The number of aliphatic hydroxyl groups excluding tert-OH is 1. The van der Waals surface area contributed by atoms with Crippen molar-refractivity contribution in [1.29, 1.82) is 0 Å². The molecule has 0 bridgehead atoms. The van der Waals surface area contributed by atoms with Gasteiger partial charge in [-0.3, -0.25) is 0 Å². The summed E-state index contributed by atoms with van der Waals surface area (Å²) in [5.74, 6) is 0.810. The maximum atomic E-state index is 10.2. The van der Waals surface area contributed by atoms with E-state index in [-0.39, 0.29) is 5.60 Å². The second-order valence-corrected chi connectivity index (χ2v) is 5.33. The summed E-state index contributed by atoms with van der Waals surface area (Å²) in [4.78, 5) is 0. The van der Waals surface area contributed by atoms with Crippen LogP contribution in [0.15, 0.2) is 18.2 Å². The van der Waals surface area contributed by atoms with Crippen molar-refractivity contribution in [2.24, 2.45) is 0 Å². The quantitative estimate of drug-likeness (QED) is 0.750. The average Bonchev–Trinajstić information content (AvgIpc) is 2.68. The first kappa shape index (κ1) is 10.4. The van der Waals surface area contributed by atoms with Crippen LogP contribution in [0.1, 0.15) is 43.8 Å². The summed E-state index contributed by atoms with van der Waals surface area (Å²) < 4.78 is 6.09. The zero-order chi connectivity index (χ0) is 11.2. The third kappa shape index (κ3) is 1.61. The number of ether oxygens (including phenoxy) is 1. The van der Waals surface area contributed by atoms with E-state index in [4.69, 9.17) is 16.3 Å². The molecule has 1 N–H and O–H groups in total. The van der Waals surface area contributed by atoms with Gasteiger partial charge < -0.3 is 9.84 Å². The molecule has 0 aromatic heterocycles. The minimum absolute atomic E-state index is 0.111. The van der Waals surface area contributed by atoms with Gasteiger partial charge in [-0.1, -0.05) is 11.6 Å². The standard InChI is InChI=1S/C13H15ClO2/c14-9-3-4-12-10(7-9)11(15)8-13(16-12)5-1-2-6-13/h3-4,7,11,15H,1-2,5-6,8H2/t11-/m1/s1. The lowest BCUT2D eigenvalue weighted by molar-refractivity contribution is -0.00936. The monoisotopic (exact) mass is 238 g/mol. The first-order chi connectivity index (χ1) is 7.69. The molecule has 16 heavy (non-hydrogen) atoms. The lowest BCUT2D eigenvalue weighted by atomic mass is 9.87. The van der Waals surface area contributed by atoms with Crippen molar-refractivity contribution >= 4 is 11.6 Å². The smallest absolute Gasteiger partial charge is 0.126 e. The molecule has 2 aliphatic rings. The van der Waals surface area contributed by atoms with Crippen molar-refractivity contribution < 1.29 is 9.84 Å². The molecule has 1 saturated carbocycles. The highest BCUT2D eigenvalue weighted by Gasteiger charge is 2.42. The van der Waals surface area contributed by atoms with Crippen molar-refractivity contribution in [1.82, 2.24) is 0 Å². The lowest BCUT2D eigenvalue weighted by Crippen LogP contribution is -2.38. The topological polar surface area (TPSA) is 29.5 Å². The van der Waals surface area contributed by atoms with Gasteiger partial charge in [-0.2, -0.15) is 0 Å². The predicted molar refractivity (Wildman–Crippen MR) is 62.9 cm³/mol. The summed E-state index contributed by atoms with van der Waals surface area (Å²) in [7, 11) is 0. The zero-order valence-corrected chi connectivity index (χ0v) is 9.83. The molecule has 1 heterocycles. The molecule has 2 nitrogen and oxygen atoms in total. The number of benzene rings is 1. The molecule has 0 saturated heterocycles. The Morgan fingerprint density at radius 1 is 1.31 bits per heavy atom. The maximum absolute atomic E-state index is 10.2. The number of halogens is 1. The first-order valence-corrected chi connectivity index (χ1v) is 6.23. The van der Waals surface area contributed by atoms with Crippen LogP contribution in [0.4, 0.5) is 0 Å². The van der Waals surface area contributed by atoms with Crippen LogP contribution in [0.3, 0.4) is 0 Å². The zero-order valence-electron chi connectivity index (χ0n) is 9.08.